The molecule has 1 heterocycles. The normalized spacial score (nSPS) is 10.5. The predicted molar refractivity (Wildman–Crippen MR) is 111 cm³/mol. The Hall–Kier alpha value is -3.37. The van der Waals surface area contributed by atoms with Gasteiger partial charge in [-0.3, -0.25) is 4.79 Å². The Morgan fingerprint density at radius 2 is 1.87 bits per heavy atom. The Balaban J connectivity index is 1.78. The smallest absolute Gasteiger partial charge is 0.306 e. The molecule has 0 aliphatic rings. The first kappa shape index (κ1) is 22.3. The first-order valence-electron chi connectivity index (χ1n) is 9.56. The monoisotopic (exact) mass is 444 g/mol. The standard InChI is InChI=1S/C23H19ClF2N2O3/c1-2-30-21(29)10-4-15-3-9-20(23(26)22(15)25)31-14-19-16(13-27)11-12-28(19)18-7-5-17(24)6-8-18/h3,5-9,11-12H,2,4,10,14H2,1H3. The molecule has 0 aliphatic heterocycles. The number of rotatable bonds is 8. The third-order valence-electron chi connectivity index (χ3n) is 4.61. The molecule has 3 rings (SSSR count). The van der Waals surface area contributed by atoms with Crippen LogP contribution in [0.5, 0.6) is 5.75 Å². The zero-order chi connectivity index (χ0) is 22.4. The molecule has 0 saturated heterocycles. The second-order valence-electron chi connectivity index (χ2n) is 6.58. The largest absolute Gasteiger partial charge is 0.484 e. The summed E-state index contributed by atoms with van der Waals surface area (Å²) in [6.07, 6.45) is 1.65. The predicted octanol–water partition coefficient (Wildman–Crippen LogP) is 5.36. The molecule has 0 saturated carbocycles. The van der Waals surface area contributed by atoms with E-state index >= 15 is 0 Å². The zero-order valence-corrected chi connectivity index (χ0v) is 17.5. The highest BCUT2D eigenvalue weighted by atomic mass is 35.5. The van der Waals surface area contributed by atoms with E-state index in [0.717, 1.165) is 5.69 Å². The van der Waals surface area contributed by atoms with Crippen LogP contribution in [0.1, 0.15) is 30.2 Å². The van der Waals surface area contributed by atoms with Gasteiger partial charge in [0.2, 0.25) is 5.82 Å². The topological polar surface area (TPSA) is 64.2 Å². The lowest BCUT2D eigenvalue weighted by molar-refractivity contribution is -0.143. The number of carbonyl (C=O) groups excluding carboxylic acids is 1. The second-order valence-corrected chi connectivity index (χ2v) is 7.02. The molecule has 3 aromatic rings. The third-order valence-corrected chi connectivity index (χ3v) is 4.86. The number of carbonyl (C=O) groups is 1. The van der Waals surface area contributed by atoms with E-state index in [0.29, 0.717) is 16.3 Å². The van der Waals surface area contributed by atoms with Crippen LogP contribution in [0.4, 0.5) is 8.78 Å². The van der Waals surface area contributed by atoms with Gasteiger partial charge < -0.3 is 14.0 Å². The molecule has 0 atom stereocenters. The van der Waals surface area contributed by atoms with Gasteiger partial charge in [0, 0.05) is 23.3 Å². The van der Waals surface area contributed by atoms with Crippen molar-refractivity contribution in [3.05, 3.63) is 82.1 Å². The van der Waals surface area contributed by atoms with Crippen LogP contribution in [0.25, 0.3) is 5.69 Å². The number of benzene rings is 2. The van der Waals surface area contributed by atoms with E-state index < -0.39 is 17.6 Å². The minimum Gasteiger partial charge on any atom is -0.484 e. The summed E-state index contributed by atoms with van der Waals surface area (Å²) < 4.78 is 40.9. The van der Waals surface area contributed by atoms with Crippen LogP contribution in [0.2, 0.25) is 5.02 Å². The average Bonchev–Trinajstić information content (AvgIpc) is 3.17. The van der Waals surface area contributed by atoms with Crippen LogP contribution in [0.15, 0.2) is 48.7 Å². The van der Waals surface area contributed by atoms with Crippen LogP contribution in [0.3, 0.4) is 0 Å². The summed E-state index contributed by atoms with van der Waals surface area (Å²) in [6, 6.07) is 13.3. The lowest BCUT2D eigenvalue weighted by Gasteiger charge is -2.13. The Morgan fingerprint density at radius 3 is 2.55 bits per heavy atom. The molecule has 160 valence electrons. The highest BCUT2D eigenvalue weighted by Crippen LogP contribution is 2.26. The van der Waals surface area contributed by atoms with Crippen molar-refractivity contribution in [2.75, 3.05) is 6.61 Å². The van der Waals surface area contributed by atoms with Gasteiger partial charge in [-0.05, 0) is 55.3 Å². The van der Waals surface area contributed by atoms with Gasteiger partial charge >= 0.3 is 5.97 Å². The Kier molecular flexibility index (Phi) is 7.27. The first-order valence-corrected chi connectivity index (χ1v) is 9.94. The van der Waals surface area contributed by atoms with Crippen molar-refractivity contribution >= 4 is 17.6 Å². The third kappa shape index (κ3) is 5.22. The number of aryl methyl sites for hydroxylation is 1. The summed E-state index contributed by atoms with van der Waals surface area (Å²) in [6.45, 7) is 1.74. The maximum atomic E-state index is 14.5. The zero-order valence-electron chi connectivity index (χ0n) is 16.7. The SMILES string of the molecule is CCOC(=O)CCc1ccc(OCc2c(C#N)ccn2-c2ccc(Cl)cc2)c(F)c1F. The van der Waals surface area contributed by atoms with Crippen molar-refractivity contribution in [1.82, 2.24) is 4.57 Å². The van der Waals surface area contributed by atoms with Gasteiger partial charge in [-0.1, -0.05) is 17.7 Å². The summed E-state index contributed by atoms with van der Waals surface area (Å²) >= 11 is 5.92. The van der Waals surface area contributed by atoms with E-state index in [1.807, 2.05) is 0 Å². The summed E-state index contributed by atoms with van der Waals surface area (Å²) in [7, 11) is 0. The summed E-state index contributed by atoms with van der Waals surface area (Å²) in [5.74, 6) is -2.99. The summed E-state index contributed by atoms with van der Waals surface area (Å²) in [5, 5.41) is 9.95. The molecule has 0 N–H and O–H groups in total. The molecule has 2 aromatic carbocycles. The fourth-order valence-electron chi connectivity index (χ4n) is 3.05. The Bertz CT molecular complexity index is 1120. The van der Waals surface area contributed by atoms with Crippen molar-refractivity contribution in [3.63, 3.8) is 0 Å². The number of hydrogen-bond acceptors (Lipinski definition) is 4. The molecule has 0 bridgehead atoms. The van der Waals surface area contributed by atoms with Crippen LogP contribution in [0, 0.1) is 23.0 Å². The van der Waals surface area contributed by atoms with E-state index in [2.05, 4.69) is 6.07 Å². The fourth-order valence-corrected chi connectivity index (χ4v) is 3.18. The number of ether oxygens (including phenoxy) is 2. The van der Waals surface area contributed by atoms with Crippen LogP contribution >= 0.6 is 11.6 Å². The van der Waals surface area contributed by atoms with Gasteiger partial charge in [0.15, 0.2) is 11.6 Å². The number of nitrogens with zero attached hydrogens (tertiary/aromatic N) is 2. The van der Waals surface area contributed by atoms with Crippen LogP contribution in [-0.4, -0.2) is 17.1 Å². The summed E-state index contributed by atoms with van der Waals surface area (Å²) in [5.41, 5.74) is 1.63. The van der Waals surface area contributed by atoms with Gasteiger partial charge in [0.05, 0.1) is 17.9 Å². The molecule has 1 aromatic heterocycles. The first-order chi connectivity index (χ1) is 14.9. The maximum Gasteiger partial charge on any atom is 0.306 e. The van der Waals surface area contributed by atoms with Crippen molar-refractivity contribution in [2.45, 2.75) is 26.4 Å². The molecule has 0 aliphatic carbocycles. The summed E-state index contributed by atoms with van der Waals surface area (Å²) in [4.78, 5) is 11.4. The maximum absolute atomic E-state index is 14.5. The lowest BCUT2D eigenvalue weighted by atomic mass is 10.1. The molecular weight excluding hydrogens is 426 g/mol. The number of nitriles is 1. The van der Waals surface area contributed by atoms with Crippen molar-refractivity contribution in [2.24, 2.45) is 0 Å². The van der Waals surface area contributed by atoms with Crippen molar-refractivity contribution < 1.29 is 23.0 Å². The van der Waals surface area contributed by atoms with E-state index in [1.54, 1.807) is 48.0 Å². The van der Waals surface area contributed by atoms with E-state index in [-0.39, 0.29) is 37.4 Å². The number of halogens is 3. The molecule has 0 spiro atoms. The number of aromatic nitrogens is 1. The molecule has 31 heavy (non-hydrogen) atoms. The van der Waals surface area contributed by atoms with Gasteiger partial charge in [0.1, 0.15) is 12.7 Å². The number of esters is 1. The van der Waals surface area contributed by atoms with Crippen LogP contribution in [-0.2, 0) is 22.6 Å². The molecule has 0 fully saturated rings. The van der Waals surface area contributed by atoms with Crippen molar-refractivity contribution in [3.8, 4) is 17.5 Å². The van der Waals surface area contributed by atoms with E-state index in [9.17, 15) is 18.8 Å². The van der Waals surface area contributed by atoms with Gasteiger partial charge in [-0.25, -0.2) is 4.39 Å². The minimum absolute atomic E-state index is 0.0138. The van der Waals surface area contributed by atoms with Gasteiger partial charge in [-0.2, -0.15) is 9.65 Å². The molecule has 0 amide bonds. The van der Waals surface area contributed by atoms with Crippen molar-refractivity contribution in [1.29, 1.82) is 5.26 Å². The van der Waals surface area contributed by atoms with Gasteiger partial charge in [0.25, 0.3) is 0 Å². The quantitative estimate of drug-likeness (QED) is 0.439. The fraction of sp³-hybridized carbons (Fsp3) is 0.217. The van der Waals surface area contributed by atoms with E-state index in [4.69, 9.17) is 21.1 Å². The molecule has 0 radical (unpaired) electrons. The van der Waals surface area contributed by atoms with Gasteiger partial charge in [-0.15, -0.1) is 0 Å². The molecule has 5 nitrogen and oxygen atoms in total. The highest BCUT2D eigenvalue weighted by molar-refractivity contribution is 6.30. The minimum atomic E-state index is -1.15. The Morgan fingerprint density at radius 1 is 1.13 bits per heavy atom. The molecule has 0 unspecified atom stereocenters. The number of hydrogen-bond donors (Lipinski definition) is 0. The molecular formula is C23H19ClF2N2O3. The van der Waals surface area contributed by atoms with E-state index in [1.165, 1.54) is 12.1 Å². The highest BCUT2D eigenvalue weighted by Gasteiger charge is 2.18. The van der Waals surface area contributed by atoms with Crippen LogP contribution < -0.4 is 4.74 Å². The average molecular weight is 445 g/mol. The molecule has 8 heteroatoms. The second kappa shape index (κ2) is 10.1. The Labute approximate surface area is 183 Å². The lowest BCUT2D eigenvalue weighted by Crippen LogP contribution is -2.08.